The molecule has 1 aliphatic rings. The summed E-state index contributed by atoms with van der Waals surface area (Å²) in [4.78, 5) is 14.2. The van der Waals surface area contributed by atoms with Crippen LogP contribution in [0.2, 0.25) is 0 Å². The Balaban J connectivity index is 2.18. The molecule has 1 aromatic rings. The van der Waals surface area contributed by atoms with Crippen LogP contribution in [-0.4, -0.2) is 39.7 Å². The number of aromatic nitrogens is 1. The van der Waals surface area contributed by atoms with Crippen molar-refractivity contribution in [2.24, 2.45) is 7.05 Å². The van der Waals surface area contributed by atoms with Gasteiger partial charge in [0, 0.05) is 25.3 Å². The van der Waals surface area contributed by atoms with Gasteiger partial charge in [0.1, 0.15) is 5.69 Å². The maximum absolute atomic E-state index is 12.4. The summed E-state index contributed by atoms with van der Waals surface area (Å²) in [6.07, 6.45) is 3.32. The van der Waals surface area contributed by atoms with Gasteiger partial charge in [0.25, 0.3) is 5.91 Å². The minimum Gasteiger partial charge on any atom is -0.395 e. The van der Waals surface area contributed by atoms with E-state index in [0.717, 1.165) is 18.5 Å². The minimum absolute atomic E-state index is 0.0334. The van der Waals surface area contributed by atoms with E-state index in [0.29, 0.717) is 18.3 Å². The van der Waals surface area contributed by atoms with E-state index in [4.69, 9.17) is 5.11 Å². The van der Waals surface area contributed by atoms with E-state index >= 15 is 0 Å². The van der Waals surface area contributed by atoms with Gasteiger partial charge in [-0.05, 0) is 38.3 Å². The Morgan fingerprint density at radius 2 is 2.24 bits per heavy atom. The van der Waals surface area contributed by atoms with Crippen LogP contribution >= 0.6 is 0 Å². The number of carbonyl (C=O) groups is 1. The van der Waals surface area contributed by atoms with Gasteiger partial charge in [0.2, 0.25) is 0 Å². The normalized spacial score (nSPS) is 15.7. The van der Waals surface area contributed by atoms with Gasteiger partial charge in [0.05, 0.1) is 6.61 Å². The molecular formula is C13H20N2O2. The molecule has 0 saturated heterocycles. The summed E-state index contributed by atoms with van der Waals surface area (Å²) in [5, 5.41) is 9.07. The van der Waals surface area contributed by atoms with E-state index in [2.05, 4.69) is 0 Å². The van der Waals surface area contributed by atoms with E-state index in [1.54, 1.807) is 0 Å². The smallest absolute Gasteiger partial charge is 0.270 e. The molecule has 4 heteroatoms. The highest BCUT2D eigenvalue weighted by Gasteiger charge is 2.30. The molecule has 0 aromatic carbocycles. The number of aliphatic hydroxyl groups is 1. The second-order valence-corrected chi connectivity index (χ2v) is 4.73. The molecule has 1 aliphatic carbocycles. The standard InChI is InChI=1S/C13H20N2O2/c1-10-6-7-12(14(10)2)13(17)15(8-9-16)11-4-3-5-11/h6-7,11,16H,3-5,8-9H2,1-2H3. The van der Waals surface area contributed by atoms with Crippen LogP contribution in [0.1, 0.15) is 35.4 Å². The van der Waals surface area contributed by atoms with Crippen molar-refractivity contribution in [3.05, 3.63) is 23.5 Å². The zero-order valence-corrected chi connectivity index (χ0v) is 10.5. The third-order valence-corrected chi connectivity index (χ3v) is 3.71. The van der Waals surface area contributed by atoms with Gasteiger partial charge in [-0.15, -0.1) is 0 Å². The molecule has 0 unspecified atom stereocenters. The molecular weight excluding hydrogens is 216 g/mol. The second kappa shape index (κ2) is 4.92. The van der Waals surface area contributed by atoms with Crippen LogP contribution in [0.15, 0.2) is 12.1 Å². The first-order valence-electron chi connectivity index (χ1n) is 6.19. The molecule has 1 fully saturated rings. The van der Waals surface area contributed by atoms with Crippen LogP contribution < -0.4 is 0 Å². The van der Waals surface area contributed by atoms with Crippen LogP contribution in [0.3, 0.4) is 0 Å². The Morgan fingerprint density at radius 3 is 2.65 bits per heavy atom. The maximum atomic E-state index is 12.4. The average Bonchev–Trinajstić information content (AvgIpc) is 2.56. The summed E-state index contributed by atoms with van der Waals surface area (Å²) in [5.74, 6) is 0.0411. The molecule has 17 heavy (non-hydrogen) atoms. The van der Waals surface area contributed by atoms with E-state index in [9.17, 15) is 4.79 Å². The van der Waals surface area contributed by atoms with Crippen molar-refractivity contribution in [2.75, 3.05) is 13.2 Å². The number of carbonyl (C=O) groups excluding carboxylic acids is 1. The third kappa shape index (κ3) is 2.22. The molecule has 94 valence electrons. The molecule has 1 N–H and O–H groups in total. The Hall–Kier alpha value is -1.29. The highest BCUT2D eigenvalue weighted by molar-refractivity contribution is 5.93. The van der Waals surface area contributed by atoms with Gasteiger partial charge in [0.15, 0.2) is 0 Å². The molecule has 1 amide bonds. The summed E-state index contributed by atoms with van der Waals surface area (Å²) in [6.45, 7) is 2.45. The quantitative estimate of drug-likeness (QED) is 0.857. The van der Waals surface area contributed by atoms with Gasteiger partial charge >= 0.3 is 0 Å². The fraction of sp³-hybridized carbons (Fsp3) is 0.615. The summed E-state index contributed by atoms with van der Waals surface area (Å²) in [6, 6.07) is 4.14. The molecule has 0 bridgehead atoms. The molecule has 0 radical (unpaired) electrons. The van der Waals surface area contributed by atoms with Crippen LogP contribution in [0.4, 0.5) is 0 Å². The van der Waals surface area contributed by atoms with Crippen molar-refractivity contribution in [1.82, 2.24) is 9.47 Å². The summed E-state index contributed by atoms with van der Waals surface area (Å²) in [5.41, 5.74) is 1.79. The maximum Gasteiger partial charge on any atom is 0.270 e. The molecule has 2 rings (SSSR count). The number of amides is 1. The number of aliphatic hydroxyl groups excluding tert-OH is 1. The van der Waals surface area contributed by atoms with Gasteiger partial charge < -0.3 is 14.6 Å². The van der Waals surface area contributed by atoms with E-state index < -0.39 is 0 Å². The predicted molar refractivity (Wildman–Crippen MR) is 65.9 cm³/mol. The SMILES string of the molecule is Cc1ccc(C(=O)N(CCO)C2CCC2)n1C. The number of nitrogens with zero attached hydrogens (tertiary/aromatic N) is 2. The van der Waals surface area contributed by atoms with Crippen molar-refractivity contribution in [2.45, 2.75) is 32.2 Å². The van der Waals surface area contributed by atoms with E-state index in [1.165, 1.54) is 6.42 Å². The fourth-order valence-electron chi connectivity index (χ4n) is 2.23. The van der Waals surface area contributed by atoms with Crippen molar-refractivity contribution < 1.29 is 9.90 Å². The van der Waals surface area contributed by atoms with Gasteiger partial charge in [-0.1, -0.05) is 0 Å². The molecule has 1 saturated carbocycles. The van der Waals surface area contributed by atoms with Crippen molar-refractivity contribution in [3.8, 4) is 0 Å². The van der Waals surface area contributed by atoms with Crippen LogP contribution in [0.25, 0.3) is 0 Å². The van der Waals surface area contributed by atoms with Crippen LogP contribution in [-0.2, 0) is 7.05 Å². The highest BCUT2D eigenvalue weighted by atomic mass is 16.3. The largest absolute Gasteiger partial charge is 0.395 e. The van der Waals surface area contributed by atoms with Crippen molar-refractivity contribution in [1.29, 1.82) is 0 Å². The number of rotatable bonds is 4. The zero-order chi connectivity index (χ0) is 12.4. The lowest BCUT2D eigenvalue weighted by Crippen LogP contribution is -2.46. The zero-order valence-electron chi connectivity index (χ0n) is 10.5. The summed E-state index contributed by atoms with van der Waals surface area (Å²) < 4.78 is 1.91. The summed E-state index contributed by atoms with van der Waals surface area (Å²) in [7, 11) is 1.90. The molecule has 0 atom stereocenters. The lowest BCUT2D eigenvalue weighted by Gasteiger charge is -2.37. The number of hydrogen-bond donors (Lipinski definition) is 1. The first-order chi connectivity index (χ1) is 8.15. The first-order valence-corrected chi connectivity index (χ1v) is 6.19. The van der Waals surface area contributed by atoms with Gasteiger partial charge in [-0.25, -0.2) is 0 Å². The fourth-order valence-corrected chi connectivity index (χ4v) is 2.23. The lowest BCUT2D eigenvalue weighted by molar-refractivity contribution is 0.0516. The van der Waals surface area contributed by atoms with Crippen molar-refractivity contribution >= 4 is 5.91 Å². The average molecular weight is 236 g/mol. The highest BCUT2D eigenvalue weighted by Crippen LogP contribution is 2.26. The van der Waals surface area contributed by atoms with E-state index in [1.807, 2.05) is 35.6 Å². The number of hydrogen-bond acceptors (Lipinski definition) is 2. The molecule has 0 spiro atoms. The predicted octanol–water partition coefficient (Wildman–Crippen LogP) is 1.32. The van der Waals surface area contributed by atoms with Crippen LogP contribution in [0.5, 0.6) is 0 Å². The van der Waals surface area contributed by atoms with Crippen LogP contribution in [0, 0.1) is 6.92 Å². The van der Waals surface area contributed by atoms with Crippen molar-refractivity contribution in [3.63, 3.8) is 0 Å². The number of aryl methyl sites for hydroxylation is 1. The Labute approximate surface area is 102 Å². The Kier molecular flexibility index (Phi) is 3.52. The molecule has 4 nitrogen and oxygen atoms in total. The van der Waals surface area contributed by atoms with Gasteiger partial charge in [-0.2, -0.15) is 0 Å². The van der Waals surface area contributed by atoms with Gasteiger partial charge in [-0.3, -0.25) is 4.79 Å². The topological polar surface area (TPSA) is 45.5 Å². The Bertz CT molecular complexity index is 408. The molecule has 1 heterocycles. The summed E-state index contributed by atoms with van der Waals surface area (Å²) >= 11 is 0. The molecule has 1 aromatic heterocycles. The monoisotopic (exact) mass is 236 g/mol. The van der Waals surface area contributed by atoms with E-state index in [-0.39, 0.29) is 12.5 Å². The Morgan fingerprint density at radius 1 is 1.53 bits per heavy atom. The lowest BCUT2D eigenvalue weighted by atomic mass is 9.91. The second-order valence-electron chi connectivity index (χ2n) is 4.73. The minimum atomic E-state index is 0.0334. The molecule has 0 aliphatic heterocycles. The first kappa shape index (κ1) is 12.2. The third-order valence-electron chi connectivity index (χ3n) is 3.71.